The van der Waals surface area contributed by atoms with Gasteiger partial charge in [-0.1, -0.05) is 21.6 Å². The van der Waals surface area contributed by atoms with E-state index in [4.69, 9.17) is 0 Å². The monoisotopic (exact) mass is 232 g/mol. The van der Waals surface area contributed by atoms with E-state index in [2.05, 4.69) is 37.9 Å². The van der Waals surface area contributed by atoms with E-state index < -0.39 is 0 Å². The zero-order valence-corrected chi connectivity index (χ0v) is 11.1. The molecule has 2 fully saturated rings. The summed E-state index contributed by atoms with van der Waals surface area (Å²) in [7, 11) is 4.08. The van der Waals surface area contributed by atoms with Crippen molar-refractivity contribution < 1.29 is 0 Å². The van der Waals surface area contributed by atoms with Crippen LogP contribution in [0.3, 0.4) is 0 Å². The summed E-state index contributed by atoms with van der Waals surface area (Å²) in [4.78, 5) is 2.60. The van der Waals surface area contributed by atoms with Gasteiger partial charge in [0, 0.05) is 29.1 Å². The summed E-state index contributed by atoms with van der Waals surface area (Å²) >= 11 is 0. The van der Waals surface area contributed by atoms with Crippen molar-refractivity contribution in [2.75, 3.05) is 19.6 Å². The van der Waals surface area contributed by atoms with Crippen molar-refractivity contribution in [3.63, 3.8) is 0 Å². The van der Waals surface area contributed by atoms with Crippen molar-refractivity contribution in [3.05, 3.63) is 0 Å². The molecule has 0 aromatic rings. The molecule has 0 saturated carbocycles. The average molecular weight is 232 g/mol. The molecule has 0 radical (unpaired) electrons. The van der Waals surface area contributed by atoms with Crippen molar-refractivity contribution in [2.24, 2.45) is 0 Å². The molecule has 4 heteroatoms. The number of nitrogens with one attached hydrogen (secondary N) is 1. The van der Waals surface area contributed by atoms with Crippen LogP contribution in [0.2, 0.25) is 0 Å². The zero-order valence-electron chi connectivity index (χ0n) is 9.46. The standard InChI is InChI=1S/C10H20N2S2/c1-9(2)7-12-6-5-11-8(12)10(3,4)14-13-9/h8,11H,5-7H2,1-4H3. The fourth-order valence-electron chi connectivity index (χ4n) is 2.24. The maximum absolute atomic E-state index is 3.62. The highest BCUT2D eigenvalue weighted by molar-refractivity contribution is 8.77. The molecule has 0 spiro atoms. The van der Waals surface area contributed by atoms with Crippen LogP contribution in [0, 0.1) is 0 Å². The van der Waals surface area contributed by atoms with Gasteiger partial charge in [-0.2, -0.15) is 0 Å². The Bertz CT molecular complexity index is 228. The normalized spacial score (nSPS) is 36.4. The molecule has 0 amide bonds. The van der Waals surface area contributed by atoms with Gasteiger partial charge in [0.15, 0.2) is 0 Å². The summed E-state index contributed by atoms with van der Waals surface area (Å²) in [6.45, 7) is 13.0. The second-order valence-electron chi connectivity index (χ2n) is 5.36. The minimum atomic E-state index is 0.314. The first-order valence-electron chi connectivity index (χ1n) is 5.25. The minimum Gasteiger partial charge on any atom is -0.299 e. The minimum absolute atomic E-state index is 0.314. The summed E-state index contributed by atoms with van der Waals surface area (Å²) in [6.07, 6.45) is 0.557. The molecule has 2 saturated heterocycles. The van der Waals surface area contributed by atoms with E-state index in [1.807, 2.05) is 21.6 Å². The number of rotatable bonds is 0. The molecular weight excluding hydrogens is 212 g/mol. The van der Waals surface area contributed by atoms with Crippen LogP contribution in [-0.4, -0.2) is 40.2 Å². The Morgan fingerprint density at radius 3 is 2.64 bits per heavy atom. The van der Waals surface area contributed by atoms with Crippen molar-refractivity contribution in [1.29, 1.82) is 0 Å². The van der Waals surface area contributed by atoms with Gasteiger partial charge >= 0.3 is 0 Å². The summed E-state index contributed by atoms with van der Waals surface area (Å²) in [6, 6.07) is 0. The highest BCUT2D eigenvalue weighted by Gasteiger charge is 2.44. The molecule has 0 aromatic carbocycles. The van der Waals surface area contributed by atoms with Gasteiger partial charge in [-0.25, -0.2) is 0 Å². The molecule has 0 bridgehead atoms. The van der Waals surface area contributed by atoms with E-state index in [-0.39, 0.29) is 0 Å². The van der Waals surface area contributed by atoms with Gasteiger partial charge in [-0.05, 0) is 27.7 Å². The molecule has 1 unspecified atom stereocenters. The largest absolute Gasteiger partial charge is 0.299 e. The Hall–Kier alpha value is 0.620. The maximum Gasteiger partial charge on any atom is 0.0752 e. The van der Waals surface area contributed by atoms with Crippen molar-refractivity contribution in [1.82, 2.24) is 10.2 Å². The number of hydrogen-bond acceptors (Lipinski definition) is 4. The predicted molar refractivity (Wildman–Crippen MR) is 66.7 cm³/mol. The van der Waals surface area contributed by atoms with Gasteiger partial charge in [0.05, 0.1) is 6.17 Å². The third-order valence-electron chi connectivity index (χ3n) is 2.83. The van der Waals surface area contributed by atoms with Crippen molar-refractivity contribution in [3.8, 4) is 0 Å². The van der Waals surface area contributed by atoms with Gasteiger partial charge in [0.25, 0.3) is 0 Å². The first-order chi connectivity index (χ1) is 6.41. The van der Waals surface area contributed by atoms with Crippen LogP contribution in [0.25, 0.3) is 0 Å². The lowest BCUT2D eigenvalue weighted by Gasteiger charge is -2.33. The molecule has 1 N–H and O–H groups in total. The topological polar surface area (TPSA) is 15.3 Å². The first kappa shape index (κ1) is 11.1. The van der Waals surface area contributed by atoms with E-state index in [0.29, 0.717) is 15.7 Å². The Morgan fingerprint density at radius 2 is 1.93 bits per heavy atom. The van der Waals surface area contributed by atoms with Gasteiger partial charge in [-0.3, -0.25) is 10.2 Å². The summed E-state index contributed by atoms with van der Waals surface area (Å²) < 4.78 is 0.692. The van der Waals surface area contributed by atoms with E-state index in [1.54, 1.807) is 0 Å². The lowest BCUT2D eigenvalue weighted by atomic mass is 10.1. The SMILES string of the molecule is CC1(C)CN2CCNC2C(C)(C)SS1. The van der Waals surface area contributed by atoms with Gasteiger partial charge < -0.3 is 0 Å². The zero-order chi connectivity index (χ0) is 10.4. The fraction of sp³-hybridized carbons (Fsp3) is 1.00. The second kappa shape index (κ2) is 3.58. The Balaban J connectivity index is 2.20. The highest BCUT2D eigenvalue weighted by Crippen LogP contribution is 2.49. The summed E-state index contributed by atoms with van der Waals surface area (Å²) in [5.74, 6) is 0. The molecule has 0 aliphatic carbocycles. The van der Waals surface area contributed by atoms with Crippen LogP contribution in [0.15, 0.2) is 0 Å². The van der Waals surface area contributed by atoms with Crippen LogP contribution in [0.4, 0.5) is 0 Å². The average Bonchev–Trinajstić information content (AvgIpc) is 2.46. The third-order valence-corrected chi connectivity index (χ3v) is 7.03. The van der Waals surface area contributed by atoms with Crippen LogP contribution >= 0.6 is 21.6 Å². The van der Waals surface area contributed by atoms with Crippen LogP contribution in [0.1, 0.15) is 27.7 Å². The molecule has 0 aromatic heterocycles. The Labute approximate surface area is 95.0 Å². The van der Waals surface area contributed by atoms with E-state index >= 15 is 0 Å². The van der Waals surface area contributed by atoms with Gasteiger partial charge in [0.1, 0.15) is 0 Å². The Morgan fingerprint density at radius 1 is 1.21 bits per heavy atom. The molecule has 2 aliphatic heterocycles. The molecule has 82 valence electrons. The maximum atomic E-state index is 3.62. The molecule has 2 heterocycles. The lowest BCUT2D eigenvalue weighted by molar-refractivity contribution is 0.199. The van der Waals surface area contributed by atoms with E-state index in [1.165, 1.54) is 13.1 Å². The van der Waals surface area contributed by atoms with Gasteiger partial charge in [-0.15, -0.1) is 0 Å². The summed E-state index contributed by atoms with van der Waals surface area (Å²) in [5, 5.41) is 3.62. The highest BCUT2D eigenvalue weighted by atomic mass is 33.1. The smallest absolute Gasteiger partial charge is 0.0752 e. The predicted octanol–water partition coefficient (Wildman–Crippen LogP) is 2.17. The van der Waals surface area contributed by atoms with Crippen LogP contribution < -0.4 is 5.32 Å². The molecule has 14 heavy (non-hydrogen) atoms. The first-order valence-corrected chi connectivity index (χ1v) is 7.40. The Kier molecular flexibility index (Phi) is 2.84. The molecular formula is C10H20N2S2. The quantitative estimate of drug-likeness (QED) is 0.644. The number of nitrogens with zero attached hydrogens (tertiary/aromatic N) is 1. The van der Waals surface area contributed by atoms with Crippen LogP contribution in [0.5, 0.6) is 0 Å². The summed E-state index contributed by atoms with van der Waals surface area (Å²) in [5.41, 5.74) is 0. The molecule has 2 rings (SSSR count). The third kappa shape index (κ3) is 2.08. The molecule has 2 nitrogen and oxygen atoms in total. The fourth-order valence-corrected chi connectivity index (χ4v) is 4.98. The number of hydrogen-bond donors (Lipinski definition) is 1. The lowest BCUT2D eigenvalue weighted by Crippen LogP contribution is -2.50. The van der Waals surface area contributed by atoms with E-state index in [9.17, 15) is 0 Å². The van der Waals surface area contributed by atoms with Gasteiger partial charge in [0.2, 0.25) is 0 Å². The van der Waals surface area contributed by atoms with E-state index in [0.717, 1.165) is 6.54 Å². The van der Waals surface area contributed by atoms with Crippen LogP contribution in [-0.2, 0) is 0 Å². The second-order valence-corrected chi connectivity index (χ2v) is 8.85. The number of fused-ring (bicyclic) bond motifs is 1. The van der Waals surface area contributed by atoms with Crippen molar-refractivity contribution >= 4 is 21.6 Å². The molecule has 1 atom stereocenters. The molecule has 2 aliphatic rings. The van der Waals surface area contributed by atoms with Crippen molar-refractivity contribution in [2.45, 2.75) is 43.4 Å².